The van der Waals surface area contributed by atoms with Crippen LogP contribution in [0.25, 0.3) is 0 Å². The molecule has 15 heavy (non-hydrogen) atoms. The fraction of sp³-hybridized carbons (Fsp3) is 0.400. The standard InChI is InChI=1S/C10H11Cl3N2/c11-6-3-7(10(13)8(12)4-6)9-5-14-1-2-15-9/h3-4,9,14-15H,1-2,5H2/t9-/m1/s1. The molecule has 0 aliphatic carbocycles. The second-order valence-corrected chi connectivity index (χ2v) is 4.72. The molecule has 0 spiro atoms. The van der Waals surface area contributed by atoms with Gasteiger partial charge < -0.3 is 10.6 Å². The zero-order valence-electron chi connectivity index (χ0n) is 7.99. The Labute approximate surface area is 104 Å². The number of nitrogens with one attached hydrogen (secondary N) is 2. The highest BCUT2D eigenvalue weighted by atomic mass is 35.5. The van der Waals surface area contributed by atoms with Crippen LogP contribution in [0.3, 0.4) is 0 Å². The summed E-state index contributed by atoms with van der Waals surface area (Å²) in [5.74, 6) is 0. The van der Waals surface area contributed by atoms with E-state index in [1.54, 1.807) is 6.07 Å². The summed E-state index contributed by atoms with van der Waals surface area (Å²) in [5.41, 5.74) is 0.960. The van der Waals surface area contributed by atoms with E-state index in [0.717, 1.165) is 25.2 Å². The van der Waals surface area contributed by atoms with E-state index in [1.807, 2.05) is 6.07 Å². The number of rotatable bonds is 1. The van der Waals surface area contributed by atoms with Crippen molar-refractivity contribution >= 4 is 34.8 Å². The van der Waals surface area contributed by atoms with Crippen LogP contribution in [0.4, 0.5) is 0 Å². The monoisotopic (exact) mass is 264 g/mol. The van der Waals surface area contributed by atoms with E-state index in [9.17, 15) is 0 Å². The van der Waals surface area contributed by atoms with Crippen molar-refractivity contribution in [3.05, 3.63) is 32.8 Å². The highest BCUT2D eigenvalue weighted by Crippen LogP contribution is 2.33. The van der Waals surface area contributed by atoms with Crippen molar-refractivity contribution < 1.29 is 0 Å². The van der Waals surface area contributed by atoms with Gasteiger partial charge >= 0.3 is 0 Å². The quantitative estimate of drug-likeness (QED) is 0.763. The third-order valence-electron chi connectivity index (χ3n) is 2.44. The molecule has 1 aromatic rings. The lowest BCUT2D eigenvalue weighted by Gasteiger charge is -2.26. The first kappa shape index (κ1) is 11.5. The molecule has 5 heteroatoms. The zero-order valence-corrected chi connectivity index (χ0v) is 10.3. The number of hydrogen-bond donors (Lipinski definition) is 2. The number of piperazine rings is 1. The molecule has 1 saturated heterocycles. The van der Waals surface area contributed by atoms with Crippen molar-refractivity contribution in [3.8, 4) is 0 Å². The normalized spacial score (nSPS) is 21.7. The van der Waals surface area contributed by atoms with Gasteiger partial charge in [0.2, 0.25) is 0 Å². The lowest BCUT2D eigenvalue weighted by atomic mass is 10.1. The van der Waals surface area contributed by atoms with Crippen molar-refractivity contribution in [1.82, 2.24) is 10.6 Å². The molecule has 0 aromatic heterocycles. The van der Waals surface area contributed by atoms with Gasteiger partial charge in [0.1, 0.15) is 0 Å². The van der Waals surface area contributed by atoms with Crippen LogP contribution in [0, 0.1) is 0 Å². The minimum Gasteiger partial charge on any atom is -0.314 e. The molecule has 1 aliphatic heterocycles. The van der Waals surface area contributed by atoms with Crippen LogP contribution >= 0.6 is 34.8 Å². The predicted octanol–water partition coefficient (Wildman–Crippen LogP) is 2.88. The molecule has 0 radical (unpaired) electrons. The van der Waals surface area contributed by atoms with Crippen LogP contribution < -0.4 is 10.6 Å². The molecule has 0 unspecified atom stereocenters. The Morgan fingerprint density at radius 3 is 2.60 bits per heavy atom. The maximum Gasteiger partial charge on any atom is 0.0641 e. The van der Waals surface area contributed by atoms with Gasteiger partial charge in [0.25, 0.3) is 0 Å². The molecule has 1 aliphatic rings. The fourth-order valence-electron chi connectivity index (χ4n) is 1.70. The molecule has 1 fully saturated rings. The van der Waals surface area contributed by atoms with Crippen LogP contribution in [0.5, 0.6) is 0 Å². The van der Waals surface area contributed by atoms with Gasteiger partial charge in [-0.05, 0) is 17.7 Å². The summed E-state index contributed by atoms with van der Waals surface area (Å²) in [6.45, 7) is 2.74. The Kier molecular flexibility index (Phi) is 3.75. The van der Waals surface area contributed by atoms with Gasteiger partial charge in [0.05, 0.1) is 10.0 Å². The van der Waals surface area contributed by atoms with E-state index in [1.165, 1.54) is 0 Å². The Morgan fingerprint density at radius 1 is 1.13 bits per heavy atom. The maximum atomic E-state index is 6.14. The Bertz CT molecular complexity index is 362. The van der Waals surface area contributed by atoms with E-state index in [4.69, 9.17) is 34.8 Å². The van der Waals surface area contributed by atoms with E-state index >= 15 is 0 Å². The lowest BCUT2D eigenvalue weighted by Crippen LogP contribution is -2.42. The van der Waals surface area contributed by atoms with Gasteiger partial charge in [-0.1, -0.05) is 34.8 Å². The Hall–Kier alpha value is 0.01000. The molecule has 82 valence electrons. The molecular weight excluding hydrogens is 254 g/mol. The van der Waals surface area contributed by atoms with E-state index in [2.05, 4.69) is 10.6 Å². The second-order valence-electron chi connectivity index (χ2n) is 3.50. The third kappa shape index (κ3) is 2.58. The first-order valence-corrected chi connectivity index (χ1v) is 5.90. The molecular formula is C10H11Cl3N2. The highest BCUT2D eigenvalue weighted by Gasteiger charge is 2.19. The molecule has 1 aromatic carbocycles. The molecule has 1 atom stereocenters. The van der Waals surface area contributed by atoms with Gasteiger partial charge in [0, 0.05) is 30.7 Å². The van der Waals surface area contributed by atoms with Crippen molar-refractivity contribution in [3.63, 3.8) is 0 Å². The van der Waals surface area contributed by atoms with Crippen LogP contribution in [-0.4, -0.2) is 19.6 Å². The molecule has 2 N–H and O–H groups in total. The molecule has 2 rings (SSSR count). The summed E-state index contributed by atoms with van der Waals surface area (Å²) in [7, 11) is 0. The minimum atomic E-state index is 0.183. The zero-order chi connectivity index (χ0) is 10.8. The highest BCUT2D eigenvalue weighted by molar-refractivity contribution is 6.43. The van der Waals surface area contributed by atoms with Crippen molar-refractivity contribution in [2.45, 2.75) is 6.04 Å². The first-order valence-electron chi connectivity index (χ1n) is 4.77. The van der Waals surface area contributed by atoms with Crippen LogP contribution in [0.1, 0.15) is 11.6 Å². The minimum absolute atomic E-state index is 0.183. The summed E-state index contributed by atoms with van der Waals surface area (Å²) in [6, 6.07) is 3.70. The van der Waals surface area contributed by atoms with Crippen molar-refractivity contribution in [1.29, 1.82) is 0 Å². The third-order valence-corrected chi connectivity index (χ3v) is 3.47. The number of halogens is 3. The van der Waals surface area contributed by atoms with Gasteiger partial charge in [-0.3, -0.25) is 0 Å². The molecule has 0 amide bonds. The predicted molar refractivity (Wildman–Crippen MR) is 65.1 cm³/mol. The smallest absolute Gasteiger partial charge is 0.0641 e. The second kappa shape index (κ2) is 4.89. The molecule has 2 nitrogen and oxygen atoms in total. The first-order chi connectivity index (χ1) is 7.18. The lowest BCUT2D eigenvalue weighted by molar-refractivity contribution is 0.430. The maximum absolute atomic E-state index is 6.14. The largest absolute Gasteiger partial charge is 0.314 e. The van der Waals surface area contributed by atoms with Crippen molar-refractivity contribution in [2.75, 3.05) is 19.6 Å². The topological polar surface area (TPSA) is 24.1 Å². The number of benzene rings is 1. The molecule has 0 saturated carbocycles. The number of hydrogen-bond acceptors (Lipinski definition) is 2. The van der Waals surface area contributed by atoms with Crippen LogP contribution in [-0.2, 0) is 0 Å². The van der Waals surface area contributed by atoms with E-state index < -0.39 is 0 Å². The van der Waals surface area contributed by atoms with Gasteiger partial charge in [-0.2, -0.15) is 0 Å². The van der Waals surface area contributed by atoms with Crippen LogP contribution in [0.2, 0.25) is 15.1 Å². The van der Waals surface area contributed by atoms with Crippen molar-refractivity contribution in [2.24, 2.45) is 0 Å². The van der Waals surface area contributed by atoms with Crippen LogP contribution in [0.15, 0.2) is 12.1 Å². The summed E-state index contributed by atoms with van der Waals surface area (Å²) in [5, 5.41) is 8.37. The fourth-order valence-corrected chi connectivity index (χ4v) is 2.45. The summed E-state index contributed by atoms with van der Waals surface area (Å²) >= 11 is 18.1. The SMILES string of the molecule is Clc1cc(Cl)c(Cl)c([C@H]2CNCCN2)c1. The molecule has 1 heterocycles. The average molecular weight is 266 g/mol. The Balaban J connectivity index is 2.33. The summed E-state index contributed by atoms with van der Waals surface area (Å²) in [4.78, 5) is 0. The Morgan fingerprint density at radius 2 is 1.93 bits per heavy atom. The summed E-state index contributed by atoms with van der Waals surface area (Å²) in [6.07, 6.45) is 0. The van der Waals surface area contributed by atoms with E-state index in [-0.39, 0.29) is 6.04 Å². The van der Waals surface area contributed by atoms with Gasteiger partial charge in [-0.15, -0.1) is 0 Å². The summed E-state index contributed by atoms with van der Waals surface area (Å²) < 4.78 is 0. The average Bonchev–Trinajstić information content (AvgIpc) is 2.24. The van der Waals surface area contributed by atoms with Gasteiger partial charge in [-0.25, -0.2) is 0 Å². The van der Waals surface area contributed by atoms with Gasteiger partial charge in [0.15, 0.2) is 0 Å². The molecule has 0 bridgehead atoms. The van der Waals surface area contributed by atoms with E-state index in [0.29, 0.717) is 15.1 Å².